The number of carbonyl (C=O) groups is 2. The van der Waals surface area contributed by atoms with E-state index in [1.54, 1.807) is 20.3 Å². The number of likely N-dealkylation sites (tertiary alicyclic amines) is 1. The fourth-order valence-corrected chi connectivity index (χ4v) is 4.30. The summed E-state index contributed by atoms with van der Waals surface area (Å²) in [5.41, 5.74) is 1.78. The molecule has 7 nitrogen and oxygen atoms in total. The zero-order valence-corrected chi connectivity index (χ0v) is 16.8. The van der Waals surface area contributed by atoms with Crippen LogP contribution in [0.3, 0.4) is 0 Å². The van der Waals surface area contributed by atoms with Gasteiger partial charge >= 0.3 is 12.1 Å². The van der Waals surface area contributed by atoms with Gasteiger partial charge in [-0.05, 0) is 30.4 Å². The second kappa shape index (κ2) is 9.11. The van der Waals surface area contributed by atoms with E-state index >= 15 is 0 Å². The number of hydrogen-bond donors (Lipinski definition) is 1. The number of amides is 2. The number of carbonyl (C=O) groups excluding carboxylic acids is 2. The highest BCUT2D eigenvalue weighted by Crippen LogP contribution is 2.43. The van der Waals surface area contributed by atoms with Crippen molar-refractivity contribution in [2.75, 3.05) is 33.9 Å². The van der Waals surface area contributed by atoms with Crippen LogP contribution in [-0.2, 0) is 20.7 Å². The minimum Gasteiger partial charge on any atom is -0.493 e. The lowest BCUT2D eigenvalue weighted by molar-refractivity contribution is -0.187. The SMILES string of the molecule is COc1ccc2c(c1OC)C[C@H](C1CCN(C(=O)C(F)(F)F)CC1)O[C@@H]2CNC=O. The van der Waals surface area contributed by atoms with Gasteiger partial charge in [0.15, 0.2) is 11.5 Å². The van der Waals surface area contributed by atoms with Gasteiger partial charge in [-0.15, -0.1) is 0 Å². The van der Waals surface area contributed by atoms with Crippen molar-refractivity contribution in [2.45, 2.75) is 37.6 Å². The summed E-state index contributed by atoms with van der Waals surface area (Å²) in [7, 11) is 3.09. The lowest BCUT2D eigenvalue weighted by atomic mass is 9.83. The van der Waals surface area contributed by atoms with Crippen LogP contribution in [-0.4, -0.2) is 63.4 Å². The summed E-state index contributed by atoms with van der Waals surface area (Å²) in [5.74, 6) is -0.658. The molecule has 166 valence electrons. The van der Waals surface area contributed by atoms with E-state index in [0.29, 0.717) is 37.2 Å². The molecule has 2 atom stereocenters. The van der Waals surface area contributed by atoms with Crippen molar-refractivity contribution < 1.29 is 37.0 Å². The molecule has 10 heteroatoms. The molecule has 0 bridgehead atoms. The smallest absolute Gasteiger partial charge is 0.471 e. The molecule has 0 saturated carbocycles. The average Bonchev–Trinajstić information content (AvgIpc) is 2.75. The number of methoxy groups -OCH3 is 2. The van der Waals surface area contributed by atoms with Crippen LogP contribution in [0.25, 0.3) is 0 Å². The molecule has 30 heavy (non-hydrogen) atoms. The molecule has 0 aliphatic carbocycles. The monoisotopic (exact) mass is 430 g/mol. The summed E-state index contributed by atoms with van der Waals surface area (Å²) < 4.78 is 55.3. The van der Waals surface area contributed by atoms with Gasteiger partial charge in [-0.25, -0.2) is 0 Å². The van der Waals surface area contributed by atoms with Crippen LogP contribution in [0, 0.1) is 5.92 Å². The van der Waals surface area contributed by atoms with Gasteiger partial charge in [-0.2, -0.15) is 13.2 Å². The van der Waals surface area contributed by atoms with E-state index in [1.807, 2.05) is 6.07 Å². The van der Waals surface area contributed by atoms with Crippen LogP contribution >= 0.6 is 0 Å². The Balaban J connectivity index is 1.79. The number of rotatable bonds is 6. The molecule has 1 N–H and O–H groups in total. The summed E-state index contributed by atoms with van der Waals surface area (Å²) in [6, 6.07) is 3.64. The number of nitrogens with one attached hydrogen (secondary N) is 1. The first-order valence-electron chi connectivity index (χ1n) is 9.72. The second-order valence-corrected chi connectivity index (χ2v) is 7.39. The van der Waals surface area contributed by atoms with Gasteiger partial charge in [0.2, 0.25) is 6.41 Å². The Morgan fingerprint density at radius 3 is 2.53 bits per heavy atom. The number of nitrogens with zero attached hydrogens (tertiary/aromatic N) is 1. The van der Waals surface area contributed by atoms with Crippen molar-refractivity contribution in [2.24, 2.45) is 5.92 Å². The van der Waals surface area contributed by atoms with Crippen molar-refractivity contribution >= 4 is 12.3 Å². The van der Waals surface area contributed by atoms with E-state index in [2.05, 4.69) is 5.32 Å². The van der Waals surface area contributed by atoms with Crippen LogP contribution < -0.4 is 14.8 Å². The fourth-order valence-electron chi connectivity index (χ4n) is 4.30. The highest BCUT2D eigenvalue weighted by molar-refractivity contribution is 5.81. The fraction of sp³-hybridized carbons (Fsp3) is 0.600. The Morgan fingerprint density at radius 1 is 1.27 bits per heavy atom. The van der Waals surface area contributed by atoms with Crippen LogP contribution in [0.2, 0.25) is 0 Å². The van der Waals surface area contributed by atoms with Gasteiger partial charge in [-0.3, -0.25) is 9.59 Å². The summed E-state index contributed by atoms with van der Waals surface area (Å²) >= 11 is 0. The molecule has 2 aliphatic heterocycles. The minimum absolute atomic E-state index is 0.0231. The van der Waals surface area contributed by atoms with Crippen molar-refractivity contribution in [3.8, 4) is 11.5 Å². The highest BCUT2D eigenvalue weighted by atomic mass is 19.4. The average molecular weight is 430 g/mol. The minimum atomic E-state index is -4.86. The topological polar surface area (TPSA) is 77.1 Å². The maximum absolute atomic E-state index is 12.7. The van der Waals surface area contributed by atoms with E-state index in [1.165, 1.54) is 0 Å². The molecular weight excluding hydrogens is 405 g/mol. The van der Waals surface area contributed by atoms with Gasteiger partial charge in [0.05, 0.1) is 20.3 Å². The maximum Gasteiger partial charge on any atom is 0.471 e. The van der Waals surface area contributed by atoms with Crippen molar-refractivity contribution in [1.29, 1.82) is 0 Å². The molecule has 2 amide bonds. The number of piperidine rings is 1. The lowest BCUT2D eigenvalue weighted by Gasteiger charge is -2.41. The molecular formula is C20H25F3N2O5. The largest absolute Gasteiger partial charge is 0.493 e. The van der Waals surface area contributed by atoms with Crippen LogP contribution in [0.5, 0.6) is 11.5 Å². The summed E-state index contributed by atoms with van der Waals surface area (Å²) in [5, 5.41) is 2.63. The predicted octanol–water partition coefficient (Wildman–Crippen LogP) is 2.23. The quantitative estimate of drug-likeness (QED) is 0.701. The van der Waals surface area contributed by atoms with E-state index in [0.717, 1.165) is 16.0 Å². The molecule has 1 saturated heterocycles. The maximum atomic E-state index is 12.7. The first kappa shape index (κ1) is 22.2. The zero-order valence-electron chi connectivity index (χ0n) is 16.8. The predicted molar refractivity (Wildman–Crippen MR) is 100 cm³/mol. The third kappa shape index (κ3) is 4.48. The molecule has 0 aromatic heterocycles. The highest BCUT2D eigenvalue weighted by Gasteiger charge is 2.44. The van der Waals surface area contributed by atoms with Gasteiger partial charge in [-0.1, -0.05) is 6.07 Å². The molecule has 1 aromatic rings. The number of alkyl halides is 3. The number of halogens is 3. The van der Waals surface area contributed by atoms with Gasteiger partial charge < -0.3 is 24.4 Å². The van der Waals surface area contributed by atoms with Gasteiger partial charge in [0, 0.05) is 31.6 Å². The second-order valence-electron chi connectivity index (χ2n) is 7.39. The Hall–Kier alpha value is -2.49. The third-order valence-corrected chi connectivity index (χ3v) is 5.76. The van der Waals surface area contributed by atoms with Crippen molar-refractivity contribution in [3.63, 3.8) is 0 Å². The normalized spacial score (nSPS) is 22.2. The first-order chi connectivity index (χ1) is 14.3. The summed E-state index contributed by atoms with van der Waals surface area (Å²) in [6.07, 6.45) is -3.65. The molecule has 0 unspecified atom stereocenters. The molecule has 2 aliphatic rings. The molecule has 1 fully saturated rings. The van der Waals surface area contributed by atoms with E-state index in [-0.39, 0.29) is 31.7 Å². The molecule has 1 aromatic carbocycles. The first-order valence-corrected chi connectivity index (χ1v) is 9.72. The zero-order chi connectivity index (χ0) is 21.9. The van der Waals surface area contributed by atoms with Crippen LogP contribution in [0.1, 0.15) is 30.1 Å². The van der Waals surface area contributed by atoms with Crippen LogP contribution in [0.15, 0.2) is 12.1 Å². The Bertz CT molecular complexity index is 778. The Labute approximate surface area is 172 Å². The van der Waals surface area contributed by atoms with Crippen LogP contribution in [0.4, 0.5) is 13.2 Å². The summed E-state index contributed by atoms with van der Waals surface area (Å²) in [6.45, 7) is 0.318. The van der Waals surface area contributed by atoms with E-state index in [4.69, 9.17) is 14.2 Å². The molecule has 0 spiro atoms. The lowest BCUT2D eigenvalue weighted by Crippen LogP contribution is -2.48. The standard InChI is InChI=1S/C20H25F3N2O5/c1-28-15-4-3-13-14(18(15)29-2)9-16(30-17(13)10-24-11-26)12-5-7-25(8-6-12)19(27)20(21,22)23/h3-4,11-12,16-17H,5-10H2,1-2H3,(H,24,26)/t16-,17-/m1/s1. The van der Waals surface area contributed by atoms with Crippen molar-refractivity contribution in [1.82, 2.24) is 10.2 Å². The van der Waals surface area contributed by atoms with Gasteiger partial charge in [0.1, 0.15) is 6.10 Å². The number of ether oxygens (including phenoxy) is 3. The Morgan fingerprint density at radius 2 is 1.97 bits per heavy atom. The Kier molecular flexibility index (Phi) is 6.74. The van der Waals surface area contributed by atoms with E-state index in [9.17, 15) is 22.8 Å². The molecule has 2 heterocycles. The number of fused-ring (bicyclic) bond motifs is 1. The number of hydrogen-bond acceptors (Lipinski definition) is 5. The summed E-state index contributed by atoms with van der Waals surface area (Å²) in [4.78, 5) is 23.1. The van der Waals surface area contributed by atoms with E-state index < -0.39 is 18.2 Å². The number of benzene rings is 1. The van der Waals surface area contributed by atoms with Gasteiger partial charge in [0.25, 0.3) is 0 Å². The third-order valence-electron chi connectivity index (χ3n) is 5.76. The van der Waals surface area contributed by atoms with Crippen molar-refractivity contribution in [3.05, 3.63) is 23.3 Å². The molecule has 3 rings (SSSR count). The molecule has 0 radical (unpaired) electrons.